The standard InChI is InChI=1S/C16H17NO2/c1-3-17(15-7-5-4-6-12(15)2)16(19)13-8-10-14(18)11-9-13/h4-11,18H,3H2,1-2H3. The van der Waals surface area contributed by atoms with Crippen LogP contribution in [-0.2, 0) is 0 Å². The number of carbonyl (C=O) groups excluding carboxylic acids is 1. The molecule has 0 aliphatic heterocycles. The lowest BCUT2D eigenvalue weighted by Gasteiger charge is -2.23. The van der Waals surface area contributed by atoms with Gasteiger partial charge in [-0.2, -0.15) is 0 Å². The Morgan fingerprint density at radius 3 is 2.32 bits per heavy atom. The molecular formula is C16H17NO2. The highest BCUT2D eigenvalue weighted by Crippen LogP contribution is 2.22. The molecule has 3 heteroatoms. The predicted octanol–water partition coefficient (Wildman–Crippen LogP) is 3.37. The van der Waals surface area contributed by atoms with Crippen molar-refractivity contribution >= 4 is 11.6 Å². The van der Waals surface area contributed by atoms with Crippen molar-refractivity contribution in [2.24, 2.45) is 0 Å². The highest BCUT2D eigenvalue weighted by atomic mass is 16.3. The second-order valence-electron chi connectivity index (χ2n) is 4.38. The molecule has 0 spiro atoms. The first-order chi connectivity index (χ1) is 9.13. The van der Waals surface area contributed by atoms with E-state index < -0.39 is 0 Å². The normalized spacial score (nSPS) is 10.2. The number of hydrogen-bond acceptors (Lipinski definition) is 2. The van der Waals surface area contributed by atoms with Crippen LogP contribution in [0, 0.1) is 6.92 Å². The van der Waals surface area contributed by atoms with E-state index in [9.17, 15) is 9.90 Å². The lowest BCUT2D eigenvalue weighted by atomic mass is 10.1. The van der Waals surface area contributed by atoms with Crippen molar-refractivity contribution in [1.82, 2.24) is 0 Å². The Kier molecular flexibility index (Phi) is 3.85. The number of phenolic OH excluding ortho intramolecular Hbond substituents is 1. The molecule has 0 saturated heterocycles. The monoisotopic (exact) mass is 255 g/mol. The van der Waals surface area contributed by atoms with Gasteiger partial charge in [0, 0.05) is 17.8 Å². The number of hydrogen-bond donors (Lipinski definition) is 1. The minimum Gasteiger partial charge on any atom is -0.508 e. The number of aryl methyl sites for hydroxylation is 1. The number of nitrogens with zero attached hydrogens (tertiary/aromatic N) is 1. The fourth-order valence-electron chi connectivity index (χ4n) is 2.05. The molecule has 98 valence electrons. The van der Waals surface area contributed by atoms with Crippen LogP contribution in [0.25, 0.3) is 0 Å². The molecule has 0 unspecified atom stereocenters. The van der Waals surface area contributed by atoms with Gasteiger partial charge in [0.15, 0.2) is 0 Å². The molecule has 0 aliphatic rings. The van der Waals surface area contributed by atoms with Crippen LogP contribution in [0.15, 0.2) is 48.5 Å². The smallest absolute Gasteiger partial charge is 0.258 e. The Hall–Kier alpha value is -2.29. The van der Waals surface area contributed by atoms with E-state index in [2.05, 4.69) is 0 Å². The molecule has 0 atom stereocenters. The molecule has 0 aliphatic carbocycles. The van der Waals surface area contributed by atoms with Gasteiger partial charge in [0.05, 0.1) is 0 Å². The first-order valence-corrected chi connectivity index (χ1v) is 6.30. The Labute approximate surface area is 113 Å². The molecular weight excluding hydrogens is 238 g/mol. The van der Waals surface area contributed by atoms with Gasteiger partial charge in [0.25, 0.3) is 5.91 Å². The van der Waals surface area contributed by atoms with Crippen molar-refractivity contribution in [3.05, 3.63) is 59.7 Å². The third-order valence-electron chi connectivity index (χ3n) is 3.08. The Bertz CT molecular complexity index is 576. The lowest BCUT2D eigenvalue weighted by molar-refractivity contribution is 0.0988. The van der Waals surface area contributed by atoms with Gasteiger partial charge < -0.3 is 10.0 Å². The molecule has 0 saturated carbocycles. The SMILES string of the molecule is CCN(C(=O)c1ccc(O)cc1)c1ccccc1C. The highest BCUT2D eigenvalue weighted by Gasteiger charge is 2.17. The molecule has 0 radical (unpaired) electrons. The number of benzene rings is 2. The Morgan fingerprint density at radius 2 is 1.74 bits per heavy atom. The molecule has 2 rings (SSSR count). The summed E-state index contributed by atoms with van der Waals surface area (Å²) in [5.41, 5.74) is 2.56. The summed E-state index contributed by atoms with van der Waals surface area (Å²) in [5.74, 6) is 0.104. The number of phenols is 1. The van der Waals surface area contributed by atoms with E-state index in [0.29, 0.717) is 12.1 Å². The van der Waals surface area contributed by atoms with Gasteiger partial charge in [-0.25, -0.2) is 0 Å². The Balaban J connectivity index is 2.35. The summed E-state index contributed by atoms with van der Waals surface area (Å²) in [7, 11) is 0. The van der Waals surface area contributed by atoms with Crippen LogP contribution in [0.5, 0.6) is 5.75 Å². The van der Waals surface area contributed by atoms with Gasteiger partial charge in [-0.05, 0) is 49.7 Å². The van der Waals surface area contributed by atoms with Crippen molar-refractivity contribution in [3.63, 3.8) is 0 Å². The van der Waals surface area contributed by atoms with Crippen molar-refractivity contribution in [3.8, 4) is 5.75 Å². The zero-order valence-corrected chi connectivity index (χ0v) is 11.1. The van der Waals surface area contributed by atoms with Gasteiger partial charge >= 0.3 is 0 Å². The van der Waals surface area contributed by atoms with Gasteiger partial charge in [-0.15, -0.1) is 0 Å². The Morgan fingerprint density at radius 1 is 1.11 bits per heavy atom. The fourth-order valence-corrected chi connectivity index (χ4v) is 2.05. The topological polar surface area (TPSA) is 40.5 Å². The van der Waals surface area contributed by atoms with Crippen molar-refractivity contribution < 1.29 is 9.90 Å². The number of amides is 1. The lowest BCUT2D eigenvalue weighted by Crippen LogP contribution is -2.31. The predicted molar refractivity (Wildman–Crippen MR) is 76.6 cm³/mol. The van der Waals surface area contributed by atoms with E-state index in [0.717, 1.165) is 11.3 Å². The third kappa shape index (κ3) is 2.76. The van der Waals surface area contributed by atoms with Gasteiger partial charge in [-0.3, -0.25) is 4.79 Å². The number of anilines is 1. The number of aromatic hydroxyl groups is 1. The van der Waals surface area contributed by atoms with Gasteiger partial charge in [0.2, 0.25) is 0 Å². The zero-order valence-electron chi connectivity index (χ0n) is 11.1. The molecule has 0 fully saturated rings. The van der Waals surface area contributed by atoms with Crippen LogP contribution >= 0.6 is 0 Å². The van der Waals surface area contributed by atoms with Gasteiger partial charge in [-0.1, -0.05) is 18.2 Å². The van der Waals surface area contributed by atoms with E-state index in [4.69, 9.17) is 0 Å². The molecule has 0 bridgehead atoms. The van der Waals surface area contributed by atoms with Crippen molar-refractivity contribution in [2.45, 2.75) is 13.8 Å². The van der Waals surface area contributed by atoms with Crippen LogP contribution in [0.3, 0.4) is 0 Å². The van der Waals surface area contributed by atoms with E-state index in [1.165, 1.54) is 12.1 Å². The first-order valence-electron chi connectivity index (χ1n) is 6.30. The second kappa shape index (κ2) is 5.57. The molecule has 2 aromatic carbocycles. The molecule has 0 heterocycles. The van der Waals surface area contributed by atoms with Crippen molar-refractivity contribution in [2.75, 3.05) is 11.4 Å². The summed E-state index contributed by atoms with van der Waals surface area (Å²) in [5, 5.41) is 9.27. The van der Waals surface area contributed by atoms with Crippen LogP contribution in [0.1, 0.15) is 22.8 Å². The van der Waals surface area contributed by atoms with Crippen LogP contribution < -0.4 is 4.90 Å². The zero-order chi connectivity index (χ0) is 13.8. The third-order valence-corrected chi connectivity index (χ3v) is 3.08. The van der Waals surface area contributed by atoms with Gasteiger partial charge in [0.1, 0.15) is 5.75 Å². The summed E-state index contributed by atoms with van der Waals surface area (Å²) in [4.78, 5) is 14.2. The molecule has 0 aromatic heterocycles. The molecule has 3 nitrogen and oxygen atoms in total. The minimum absolute atomic E-state index is 0.0585. The van der Waals surface area contributed by atoms with Crippen LogP contribution in [0.4, 0.5) is 5.69 Å². The summed E-state index contributed by atoms with van der Waals surface area (Å²) in [6, 6.07) is 14.1. The number of rotatable bonds is 3. The summed E-state index contributed by atoms with van der Waals surface area (Å²) in [6.07, 6.45) is 0. The highest BCUT2D eigenvalue weighted by molar-refractivity contribution is 6.06. The summed E-state index contributed by atoms with van der Waals surface area (Å²) >= 11 is 0. The fraction of sp³-hybridized carbons (Fsp3) is 0.188. The maximum Gasteiger partial charge on any atom is 0.258 e. The molecule has 2 aromatic rings. The van der Waals surface area contributed by atoms with E-state index in [1.807, 2.05) is 38.1 Å². The maximum absolute atomic E-state index is 12.5. The van der Waals surface area contributed by atoms with E-state index in [1.54, 1.807) is 17.0 Å². The average Bonchev–Trinajstić information content (AvgIpc) is 2.42. The second-order valence-corrected chi connectivity index (χ2v) is 4.38. The molecule has 1 N–H and O–H groups in total. The minimum atomic E-state index is -0.0585. The first kappa shape index (κ1) is 13.1. The van der Waals surface area contributed by atoms with E-state index in [-0.39, 0.29) is 11.7 Å². The largest absolute Gasteiger partial charge is 0.508 e. The van der Waals surface area contributed by atoms with Crippen LogP contribution in [0.2, 0.25) is 0 Å². The maximum atomic E-state index is 12.5. The molecule has 1 amide bonds. The number of para-hydroxylation sites is 1. The van der Waals surface area contributed by atoms with Crippen LogP contribution in [-0.4, -0.2) is 17.6 Å². The summed E-state index contributed by atoms with van der Waals surface area (Å²) in [6.45, 7) is 4.54. The van der Waals surface area contributed by atoms with Crippen molar-refractivity contribution in [1.29, 1.82) is 0 Å². The number of carbonyl (C=O) groups is 1. The average molecular weight is 255 g/mol. The molecule has 19 heavy (non-hydrogen) atoms. The quantitative estimate of drug-likeness (QED) is 0.913. The van der Waals surface area contributed by atoms with E-state index >= 15 is 0 Å². The summed E-state index contributed by atoms with van der Waals surface area (Å²) < 4.78 is 0.